The highest BCUT2D eigenvalue weighted by Crippen LogP contribution is 2.62. The van der Waals surface area contributed by atoms with Gasteiger partial charge in [-0.25, -0.2) is 4.99 Å². The van der Waals surface area contributed by atoms with Gasteiger partial charge in [-0.2, -0.15) is 0 Å². The maximum absolute atomic E-state index is 14.1. The second-order valence-electron chi connectivity index (χ2n) is 10.2. The van der Waals surface area contributed by atoms with Crippen molar-refractivity contribution in [2.24, 2.45) is 16.1 Å². The number of carbonyl (C=O) groups is 1. The summed E-state index contributed by atoms with van der Waals surface area (Å²) in [5, 5.41) is 0. The number of nitrogens with zero attached hydrogens (tertiary/aromatic N) is 2. The lowest BCUT2D eigenvalue weighted by molar-refractivity contribution is -0.139. The first-order valence-electron chi connectivity index (χ1n) is 11.8. The van der Waals surface area contributed by atoms with Gasteiger partial charge in [-0.3, -0.25) is 9.69 Å². The number of methoxy groups -OCH3 is 1. The third-order valence-corrected chi connectivity index (χ3v) is 8.44. The molecule has 1 unspecified atom stereocenters. The Morgan fingerprint density at radius 1 is 1.17 bits per heavy atom. The lowest BCUT2D eigenvalue weighted by Gasteiger charge is -2.45. The van der Waals surface area contributed by atoms with Crippen LogP contribution in [0.2, 0.25) is 0 Å². The lowest BCUT2D eigenvalue weighted by Crippen LogP contribution is -2.53. The summed E-state index contributed by atoms with van der Waals surface area (Å²) < 4.78 is 5.66. The number of carbonyl (C=O) groups excluding carboxylic acids is 1. The van der Waals surface area contributed by atoms with E-state index in [-0.39, 0.29) is 23.5 Å². The molecule has 0 aromatic heterocycles. The molecule has 4 aliphatic rings. The molecule has 30 heavy (non-hydrogen) atoms. The van der Waals surface area contributed by atoms with E-state index in [0.29, 0.717) is 11.9 Å². The number of benzene rings is 1. The van der Waals surface area contributed by atoms with Crippen LogP contribution in [0.3, 0.4) is 0 Å². The molecule has 1 aliphatic heterocycles. The Bertz CT molecular complexity index is 878. The number of hydrogen-bond acceptors (Lipinski definition) is 4. The quantitative estimate of drug-likeness (QED) is 0.812. The largest absolute Gasteiger partial charge is 0.381 e. The van der Waals surface area contributed by atoms with Crippen LogP contribution in [-0.4, -0.2) is 36.0 Å². The molecule has 0 radical (unpaired) electrons. The molecule has 1 aromatic carbocycles. The Kier molecular flexibility index (Phi) is 4.73. The highest BCUT2D eigenvalue weighted by Gasteiger charge is 2.66. The molecule has 1 heterocycles. The molecule has 0 bridgehead atoms. The van der Waals surface area contributed by atoms with Gasteiger partial charge in [0.2, 0.25) is 0 Å². The Labute approximate surface area is 180 Å². The van der Waals surface area contributed by atoms with E-state index in [0.717, 1.165) is 37.7 Å². The zero-order chi connectivity index (χ0) is 21.1. The van der Waals surface area contributed by atoms with Crippen molar-refractivity contribution in [3.05, 3.63) is 34.9 Å². The third-order valence-electron chi connectivity index (χ3n) is 8.44. The second kappa shape index (κ2) is 7.08. The van der Waals surface area contributed by atoms with Crippen LogP contribution in [0, 0.1) is 5.41 Å². The summed E-state index contributed by atoms with van der Waals surface area (Å²) in [5.74, 6) is 1.10. The normalized spacial score (nSPS) is 33.9. The molecule has 2 fully saturated rings. The number of ether oxygens (including phenoxy) is 1. The summed E-state index contributed by atoms with van der Waals surface area (Å²) in [4.78, 5) is 20.9. The molecule has 2 spiro atoms. The van der Waals surface area contributed by atoms with Gasteiger partial charge in [0.1, 0.15) is 0 Å². The number of fused-ring (bicyclic) bond motifs is 3. The first kappa shape index (κ1) is 20.0. The molecule has 0 saturated heterocycles. The molecule has 162 valence electrons. The predicted molar refractivity (Wildman–Crippen MR) is 118 cm³/mol. The van der Waals surface area contributed by atoms with Crippen LogP contribution in [0.5, 0.6) is 0 Å². The summed E-state index contributed by atoms with van der Waals surface area (Å²) >= 11 is 0. The fourth-order valence-electron chi connectivity index (χ4n) is 6.87. The molecule has 1 aromatic rings. The van der Waals surface area contributed by atoms with Crippen molar-refractivity contribution in [3.63, 3.8) is 0 Å². The van der Waals surface area contributed by atoms with Crippen molar-refractivity contribution in [2.75, 3.05) is 7.11 Å². The van der Waals surface area contributed by atoms with Crippen molar-refractivity contribution in [1.29, 1.82) is 0 Å². The highest BCUT2D eigenvalue weighted by molar-refractivity contribution is 6.08. The molecular formula is C25H35N3O2. The molecule has 5 heteroatoms. The van der Waals surface area contributed by atoms with Crippen molar-refractivity contribution >= 4 is 11.9 Å². The van der Waals surface area contributed by atoms with E-state index in [1.165, 1.54) is 36.8 Å². The summed E-state index contributed by atoms with van der Waals surface area (Å²) in [7, 11) is 1.80. The van der Waals surface area contributed by atoms with Gasteiger partial charge in [-0.1, -0.05) is 31.0 Å². The number of rotatable bonds is 3. The summed E-state index contributed by atoms with van der Waals surface area (Å²) in [6.07, 6.45) is 10.2. The van der Waals surface area contributed by atoms with E-state index >= 15 is 0 Å². The maximum Gasteiger partial charge on any atom is 0.262 e. The molecule has 1 atom stereocenters. The van der Waals surface area contributed by atoms with E-state index in [1.807, 2.05) is 13.8 Å². The average Bonchev–Trinajstić information content (AvgIpc) is 3.41. The van der Waals surface area contributed by atoms with Crippen LogP contribution in [-0.2, 0) is 21.5 Å². The molecule has 5 rings (SSSR count). The van der Waals surface area contributed by atoms with Gasteiger partial charge < -0.3 is 10.5 Å². The summed E-state index contributed by atoms with van der Waals surface area (Å²) in [5.41, 5.74) is 9.19. The number of aliphatic imine (C=N–C) groups is 1. The van der Waals surface area contributed by atoms with Crippen molar-refractivity contribution in [1.82, 2.24) is 4.90 Å². The van der Waals surface area contributed by atoms with E-state index in [4.69, 9.17) is 15.5 Å². The zero-order valence-corrected chi connectivity index (χ0v) is 18.6. The average molecular weight is 410 g/mol. The molecule has 2 saturated carbocycles. The molecule has 2 N–H and O–H groups in total. The minimum Gasteiger partial charge on any atom is -0.381 e. The molecular weight excluding hydrogens is 374 g/mol. The van der Waals surface area contributed by atoms with Crippen molar-refractivity contribution in [2.45, 2.75) is 95.2 Å². The van der Waals surface area contributed by atoms with Gasteiger partial charge in [-0.05, 0) is 81.4 Å². The van der Waals surface area contributed by atoms with E-state index < -0.39 is 5.54 Å². The van der Waals surface area contributed by atoms with Crippen LogP contribution in [0.4, 0.5) is 0 Å². The topological polar surface area (TPSA) is 67.9 Å². The van der Waals surface area contributed by atoms with Crippen LogP contribution in [0.15, 0.2) is 23.2 Å². The number of amides is 1. The first-order valence-corrected chi connectivity index (χ1v) is 11.8. The first-order chi connectivity index (χ1) is 14.4. The second-order valence-corrected chi connectivity index (χ2v) is 10.2. The third kappa shape index (κ3) is 2.63. The van der Waals surface area contributed by atoms with Crippen molar-refractivity contribution in [3.8, 4) is 0 Å². The van der Waals surface area contributed by atoms with Crippen LogP contribution in [0.25, 0.3) is 0 Å². The Morgan fingerprint density at radius 3 is 2.47 bits per heavy atom. The van der Waals surface area contributed by atoms with E-state index in [9.17, 15) is 4.79 Å². The fraction of sp³-hybridized carbons (Fsp3) is 0.680. The Morgan fingerprint density at radius 2 is 1.87 bits per heavy atom. The SMILES string of the molecule is COC1CCC2(CC1)Cc1ccc(C3CCCC3)cc1C21N=C(N)N(C(C)C)C1=O. The van der Waals surface area contributed by atoms with Gasteiger partial charge >= 0.3 is 0 Å². The Hall–Kier alpha value is -1.88. The number of hydrogen-bond donors (Lipinski definition) is 1. The lowest BCUT2D eigenvalue weighted by atomic mass is 9.61. The highest BCUT2D eigenvalue weighted by atomic mass is 16.5. The minimum atomic E-state index is -0.857. The maximum atomic E-state index is 14.1. The summed E-state index contributed by atoms with van der Waals surface area (Å²) in [6.45, 7) is 4.05. The monoisotopic (exact) mass is 409 g/mol. The Balaban J connectivity index is 1.64. The van der Waals surface area contributed by atoms with Gasteiger partial charge in [-0.15, -0.1) is 0 Å². The zero-order valence-electron chi connectivity index (χ0n) is 18.6. The minimum absolute atomic E-state index is 0.00931. The van der Waals surface area contributed by atoms with Gasteiger partial charge in [0.05, 0.1) is 6.10 Å². The van der Waals surface area contributed by atoms with Crippen LogP contribution < -0.4 is 5.73 Å². The molecule has 5 nitrogen and oxygen atoms in total. The predicted octanol–water partition coefficient (Wildman–Crippen LogP) is 4.24. The van der Waals surface area contributed by atoms with Crippen LogP contribution in [0.1, 0.15) is 87.8 Å². The fourth-order valence-corrected chi connectivity index (χ4v) is 6.87. The van der Waals surface area contributed by atoms with Crippen molar-refractivity contribution < 1.29 is 9.53 Å². The molecule has 3 aliphatic carbocycles. The van der Waals surface area contributed by atoms with Gasteiger partial charge in [0.25, 0.3) is 5.91 Å². The van der Waals surface area contributed by atoms with E-state index in [2.05, 4.69) is 18.2 Å². The number of guanidine groups is 1. The smallest absolute Gasteiger partial charge is 0.262 e. The standard InChI is InChI=1S/C25H35N3O2/c1-16(2)28-22(29)25(27-23(28)26)21-14-18(17-6-4-5-7-17)8-9-19(21)15-24(25)12-10-20(30-3)11-13-24/h8-9,14,16-17,20H,4-7,10-13,15H2,1-3H3,(H2,26,27). The van der Waals surface area contributed by atoms with Gasteiger partial charge in [0, 0.05) is 18.6 Å². The molecule has 1 amide bonds. The van der Waals surface area contributed by atoms with E-state index in [1.54, 1.807) is 12.0 Å². The number of nitrogens with two attached hydrogens (primary N) is 1. The van der Waals surface area contributed by atoms with Crippen LogP contribution >= 0.6 is 0 Å². The summed E-state index contributed by atoms with van der Waals surface area (Å²) in [6, 6.07) is 6.95. The van der Waals surface area contributed by atoms with Gasteiger partial charge in [0.15, 0.2) is 11.5 Å².